The summed E-state index contributed by atoms with van der Waals surface area (Å²) >= 11 is 0. The number of benzene rings is 1. The minimum absolute atomic E-state index is 0.0388. The van der Waals surface area contributed by atoms with E-state index in [4.69, 9.17) is 0 Å². The summed E-state index contributed by atoms with van der Waals surface area (Å²) in [6.45, 7) is 10.5. The molecule has 1 heterocycles. The largest absolute Gasteiger partial charge is 0.573 e. The SMILES string of the molecule is CCc1cccc(N2CCN(CCC(C)C)CC2)c1OC(F)(F)F. The Morgan fingerprint density at radius 2 is 1.79 bits per heavy atom. The van der Waals surface area contributed by atoms with Gasteiger partial charge < -0.3 is 9.64 Å². The summed E-state index contributed by atoms with van der Waals surface area (Å²) in [6.07, 6.45) is -3.01. The van der Waals surface area contributed by atoms with E-state index in [1.54, 1.807) is 12.1 Å². The summed E-state index contributed by atoms with van der Waals surface area (Å²) in [7, 11) is 0. The van der Waals surface area contributed by atoms with Gasteiger partial charge in [-0.25, -0.2) is 0 Å². The second-order valence-electron chi connectivity index (χ2n) is 6.68. The van der Waals surface area contributed by atoms with Crippen LogP contribution >= 0.6 is 0 Å². The van der Waals surface area contributed by atoms with Crippen LogP contribution in [0, 0.1) is 5.92 Å². The van der Waals surface area contributed by atoms with Crippen LogP contribution in [0.4, 0.5) is 18.9 Å². The van der Waals surface area contributed by atoms with Crippen molar-refractivity contribution in [2.24, 2.45) is 5.92 Å². The minimum Gasteiger partial charge on any atom is -0.403 e. The van der Waals surface area contributed by atoms with Crippen LogP contribution in [0.25, 0.3) is 0 Å². The van der Waals surface area contributed by atoms with Gasteiger partial charge in [0.05, 0.1) is 5.69 Å². The van der Waals surface area contributed by atoms with Gasteiger partial charge in [-0.3, -0.25) is 4.90 Å². The summed E-state index contributed by atoms with van der Waals surface area (Å²) in [5.41, 5.74) is 1.14. The van der Waals surface area contributed by atoms with Gasteiger partial charge in [0, 0.05) is 26.2 Å². The average molecular weight is 344 g/mol. The Labute approximate surface area is 142 Å². The van der Waals surface area contributed by atoms with E-state index in [2.05, 4.69) is 23.5 Å². The lowest BCUT2D eigenvalue weighted by Crippen LogP contribution is -2.47. The first-order chi connectivity index (χ1) is 11.3. The lowest BCUT2D eigenvalue weighted by molar-refractivity contribution is -0.274. The molecule has 24 heavy (non-hydrogen) atoms. The van der Waals surface area contributed by atoms with E-state index in [1.165, 1.54) is 0 Å². The number of ether oxygens (including phenoxy) is 1. The Bertz CT molecular complexity index is 523. The molecule has 1 fully saturated rings. The molecule has 0 aromatic heterocycles. The molecular weight excluding hydrogens is 317 g/mol. The summed E-state index contributed by atoms with van der Waals surface area (Å²) < 4.78 is 42.7. The number of rotatable bonds is 6. The fraction of sp³-hybridized carbons (Fsp3) is 0.667. The van der Waals surface area contributed by atoms with Gasteiger partial charge in [-0.1, -0.05) is 32.9 Å². The molecule has 0 saturated carbocycles. The molecule has 0 spiro atoms. The number of aryl methyl sites for hydroxylation is 1. The van der Waals surface area contributed by atoms with Gasteiger partial charge in [0.1, 0.15) is 0 Å². The van der Waals surface area contributed by atoms with E-state index >= 15 is 0 Å². The zero-order valence-electron chi connectivity index (χ0n) is 14.7. The number of nitrogens with zero attached hydrogens (tertiary/aromatic N) is 2. The minimum atomic E-state index is -4.67. The van der Waals surface area contributed by atoms with E-state index in [-0.39, 0.29) is 5.75 Å². The third kappa shape index (κ3) is 5.30. The van der Waals surface area contributed by atoms with Crippen molar-refractivity contribution >= 4 is 5.69 Å². The Morgan fingerprint density at radius 3 is 2.33 bits per heavy atom. The average Bonchev–Trinajstić information content (AvgIpc) is 2.52. The maximum atomic E-state index is 12.8. The highest BCUT2D eigenvalue weighted by Gasteiger charge is 2.34. The van der Waals surface area contributed by atoms with E-state index in [0.717, 1.165) is 39.1 Å². The number of anilines is 1. The highest BCUT2D eigenvalue weighted by molar-refractivity contribution is 5.62. The first kappa shape index (κ1) is 18.9. The molecule has 3 nitrogen and oxygen atoms in total. The molecule has 0 aliphatic carbocycles. The Balaban J connectivity index is 2.09. The van der Waals surface area contributed by atoms with E-state index in [1.807, 2.05) is 17.9 Å². The molecule has 1 aliphatic rings. The molecule has 0 bridgehead atoms. The lowest BCUT2D eigenvalue weighted by Gasteiger charge is -2.37. The summed E-state index contributed by atoms with van der Waals surface area (Å²) in [5, 5.41) is 0. The van der Waals surface area contributed by atoms with Crippen molar-refractivity contribution in [3.8, 4) is 5.75 Å². The molecule has 0 amide bonds. The molecule has 0 radical (unpaired) electrons. The quantitative estimate of drug-likeness (QED) is 0.764. The lowest BCUT2D eigenvalue weighted by atomic mass is 10.1. The van der Waals surface area contributed by atoms with Crippen LogP contribution in [-0.2, 0) is 6.42 Å². The van der Waals surface area contributed by atoms with Crippen LogP contribution in [0.5, 0.6) is 5.75 Å². The van der Waals surface area contributed by atoms with Crippen LogP contribution in [0.2, 0.25) is 0 Å². The van der Waals surface area contributed by atoms with Crippen LogP contribution in [0.3, 0.4) is 0 Å². The highest BCUT2D eigenvalue weighted by Crippen LogP contribution is 2.37. The standard InChI is InChI=1S/C18H27F3N2O/c1-4-15-6-5-7-16(17(15)24-18(19,20)21)23-12-10-22(11-13-23)9-8-14(2)3/h5-7,14H,4,8-13H2,1-3H3. The van der Waals surface area contributed by atoms with Crippen LogP contribution in [-0.4, -0.2) is 44.0 Å². The Morgan fingerprint density at radius 1 is 1.12 bits per heavy atom. The molecule has 0 N–H and O–H groups in total. The first-order valence-electron chi connectivity index (χ1n) is 8.65. The van der Waals surface area contributed by atoms with Gasteiger partial charge in [-0.05, 0) is 36.9 Å². The number of alkyl halides is 3. The highest BCUT2D eigenvalue weighted by atomic mass is 19.4. The molecule has 0 unspecified atom stereocenters. The van der Waals surface area contributed by atoms with Crippen molar-refractivity contribution in [3.63, 3.8) is 0 Å². The molecule has 2 rings (SSSR count). The van der Waals surface area contributed by atoms with Crippen molar-refractivity contribution in [1.82, 2.24) is 4.90 Å². The van der Waals surface area contributed by atoms with E-state index in [0.29, 0.717) is 23.6 Å². The summed E-state index contributed by atoms with van der Waals surface area (Å²) in [4.78, 5) is 4.39. The topological polar surface area (TPSA) is 15.7 Å². The van der Waals surface area contributed by atoms with Gasteiger partial charge >= 0.3 is 6.36 Å². The zero-order valence-corrected chi connectivity index (χ0v) is 14.7. The smallest absolute Gasteiger partial charge is 0.403 e. The normalized spacial score (nSPS) is 16.7. The van der Waals surface area contributed by atoms with Gasteiger partial charge in [0.2, 0.25) is 0 Å². The van der Waals surface area contributed by atoms with Crippen LogP contribution in [0.1, 0.15) is 32.8 Å². The number of hydrogen-bond donors (Lipinski definition) is 0. The first-order valence-corrected chi connectivity index (χ1v) is 8.65. The maximum Gasteiger partial charge on any atom is 0.573 e. The molecule has 1 aliphatic heterocycles. The second kappa shape index (κ2) is 8.10. The van der Waals surface area contributed by atoms with Crippen molar-refractivity contribution in [3.05, 3.63) is 23.8 Å². The molecule has 1 aromatic rings. The predicted octanol–water partition coefficient (Wildman–Crippen LogP) is 4.32. The third-order valence-corrected chi connectivity index (χ3v) is 4.41. The van der Waals surface area contributed by atoms with Crippen molar-refractivity contribution in [2.75, 3.05) is 37.6 Å². The van der Waals surface area contributed by atoms with Crippen molar-refractivity contribution < 1.29 is 17.9 Å². The van der Waals surface area contributed by atoms with Gasteiger partial charge in [-0.2, -0.15) is 0 Å². The van der Waals surface area contributed by atoms with Gasteiger partial charge in [0.15, 0.2) is 5.75 Å². The number of halogens is 3. The Kier molecular flexibility index (Phi) is 6.38. The summed E-state index contributed by atoms with van der Waals surface area (Å²) in [5.74, 6) is 0.624. The predicted molar refractivity (Wildman–Crippen MR) is 90.6 cm³/mol. The second-order valence-corrected chi connectivity index (χ2v) is 6.68. The molecule has 0 atom stereocenters. The molecule has 136 valence electrons. The zero-order chi connectivity index (χ0) is 17.7. The third-order valence-electron chi connectivity index (χ3n) is 4.41. The van der Waals surface area contributed by atoms with Crippen molar-refractivity contribution in [2.45, 2.75) is 40.0 Å². The fourth-order valence-corrected chi connectivity index (χ4v) is 2.99. The molecule has 1 aromatic carbocycles. The summed E-state index contributed by atoms with van der Waals surface area (Å²) in [6, 6.07) is 5.23. The van der Waals surface area contributed by atoms with Gasteiger partial charge in [0.25, 0.3) is 0 Å². The monoisotopic (exact) mass is 344 g/mol. The van der Waals surface area contributed by atoms with Crippen molar-refractivity contribution in [1.29, 1.82) is 0 Å². The van der Waals surface area contributed by atoms with E-state index < -0.39 is 6.36 Å². The van der Waals surface area contributed by atoms with E-state index in [9.17, 15) is 13.2 Å². The number of piperazine rings is 1. The molecular formula is C18H27F3N2O. The van der Waals surface area contributed by atoms with Crippen LogP contribution < -0.4 is 9.64 Å². The Hall–Kier alpha value is -1.43. The molecule has 6 heteroatoms. The maximum absolute atomic E-state index is 12.8. The molecule has 1 saturated heterocycles. The number of hydrogen-bond acceptors (Lipinski definition) is 3. The van der Waals surface area contributed by atoms with Gasteiger partial charge in [-0.15, -0.1) is 13.2 Å². The number of para-hydroxylation sites is 1. The fourth-order valence-electron chi connectivity index (χ4n) is 2.99. The van der Waals surface area contributed by atoms with Crippen LogP contribution in [0.15, 0.2) is 18.2 Å².